The van der Waals surface area contributed by atoms with Crippen LogP contribution in [0, 0.1) is 5.82 Å². The first-order valence-corrected chi connectivity index (χ1v) is 7.28. The summed E-state index contributed by atoms with van der Waals surface area (Å²) < 4.78 is 13.9. The summed E-state index contributed by atoms with van der Waals surface area (Å²) in [6.07, 6.45) is 5.43. The topological polar surface area (TPSA) is 32.5 Å². The number of hydrogen-bond acceptors (Lipinski definition) is 3. The van der Waals surface area contributed by atoms with Gasteiger partial charge < -0.3 is 10.6 Å². The second-order valence-electron chi connectivity index (χ2n) is 5.67. The predicted octanol–water partition coefficient (Wildman–Crippen LogP) is 2.47. The molecule has 104 valence electrons. The molecule has 0 atom stereocenters. The van der Waals surface area contributed by atoms with Gasteiger partial charge in [0.25, 0.3) is 0 Å². The summed E-state index contributed by atoms with van der Waals surface area (Å²) >= 11 is 0. The molecule has 0 amide bonds. The van der Waals surface area contributed by atoms with Crippen molar-refractivity contribution in [1.29, 1.82) is 0 Å². The Morgan fingerprint density at radius 1 is 1.05 bits per heavy atom. The van der Waals surface area contributed by atoms with Gasteiger partial charge in [-0.1, -0.05) is 12.8 Å². The summed E-state index contributed by atoms with van der Waals surface area (Å²) in [5.74, 6) is -0.200. The van der Waals surface area contributed by atoms with Crippen LogP contribution in [0.5, 0.6) is 0 Å². The van der Waals surface area contributed by atoms with Gasteiger partial charge in [-0.25, -0.2) is 4.39 Å². The molecule has 1 aliphatic heterocycles. The molecule has 0 aromatic heterocycles. The van der Waals surface area contributed by atoms with E-state index in [0.29, 0.717) is 11.4 Å². The number of halogens is 1. The number of piperazine rings is 1. The van der Waals surface area contributed by atoms with Crippen LogP contribution < -0.4 is 10.6 Å². The van der Waals surface area contributed by atoms with Crippen LogP contribution in [0.15, 0.2) is 18.2 Å². The number of hydrogen-bond donors (Lipinski definition) is 1. The summed E-state index contributed by atoms with van der Waals surface area (Å²) in [5, 5.41) is 0. The Morgan fingerprint density at radius 2 is 1.74 bits per heavy atom. The minimum atomic E-state index is -0.200. The lowest BCUT2D eigenvalue weighted by Crippen LogP contribution is -2.50. The van der Waals surface area contributed by atoms with Gasteiger partial charge in [0.05, 0.1) is 5.69 Å². The highest BCUT2D eigenvalue weighted by molar-refractivity contribution is 5.54. The fourth-order valence-corrected chi connectivity index (χ4v) is 3.38. The first-order valence-electron chi connectivity index (χ1n) is 7.28. The van der Waals surface area contributed by atoms with Crippen LogP contribution in [0.1, 0.15) is 25.7 Å². The molecule has 1 aliphatic carbocycles. The van der Waals surface area contributed by atoms with Gasteiger partial charge >= 0.3 is 0 Å². The van der Waals surface area contributed by atoms with E-state index in [9.17, 15) is 4.39 Å². The maximum Gasteiger partial charge on any atom is 0.148 e. The third-order valence-corrected chi connectivity index (χ3v) is 4.47. The molecule has 3 rings (SSSR count). The van der Waals surface area contributed by atoms with Gasteiger partial charge in [0, 0.05) is 37.9 Å². The van der Waals surface area contributed by atoms with E-state index in [4.69, 9.17) is 5.73 Å². The van der Waals surface area contributed by atoms with E-state index in [-0.39, 0.29) is 5.82 Å². The van der Waals surface area contributed by atoms with Gasteiger partial charge in [-0.3, -0.25) is 4.90 Å². The zero-order valence-corrected chi connectivity index (χ0v) is 11.3. The first kappa shape index (κ1) is 12.7. The molecular weight excluding hydrogens is 241 g/mol. The zero-order chi connectivity index (χ0) is 13.2. The molecule has 2 aliphatic rings. The zero-order valence-electron chi connectivity index (χ0n) is 11.3. The molecule has 1 saturated heterocycles. The van der Waals surface area contributed by atoms with Crippen LogP contribution in [0.2, 0.25) is 0 Å². The molecule has 1 heterocycles. The third-order valence-electron chi connectivity index (χ3n) is 4.47. The Kier molecular flexibility index (Phi) is 3.60. The van der Waals surface area contributed by atoms with Crippen LogP contribution in [0.3, 0.4) is 0 Å². The largest absolute Gasteiger partial charge is 0.399 e. The standard InChI is InChI=1S/C15H22FN3/c16-14-11-12(17)5-6-15(14)19-9-7-18(8-10-19)13-3-1-2-4-13/h5-6,11,13H,1-4,7-10,17H2. The van der Waals surface area contributed by atoms with E-state index >= 15 is 0 Å². The lowest BCUT2D eigenvalue weighted by Gasteiger charge is -2.39. The van der Waals surface area contributed by atoms with Crippen molar-refractivity contribution in [1.82, 2.24) is 4.90 Å². The first-order chi connectivity index (χ1) is 9.24. The number of nitrogens with zero attached hydrogens (tertiary/aromatic N) is 2. The van der Waals surface area contributed by atoms with E-state index in [1.807, 2.05) is 0 Å². The van der Waals surface area contributed by atoms with Crippen LogP contribution in [-0.4, -0.2) is 37.1 Å². The van der Waals surface area contributed by atoms with E-state index in [2.05, 4.69) is 9.80 Å². The van der Waals surface area contributed by atoms with E-state index in [0.717, 1.165) is 32.2 Å². The summed E-state index contributed by atoms with van der Waals surface area (Å²) in [6.45, 7) is 3.93. The Morgan fingerprint density at radius 3 is 2.37 bits per heavy atom. The molecule has 1 aromatic carbocycles. The quantitative estimate of drug-likeness (QED) is 0.832. The van der Waals surface area contributed by atoms with Gasteiger partial charge in [-0.05, 0) is 31.0 Å². The Hall–Kier alpha value is -1.29. The average molecular weight is 263 g/mol. The molecule has 3 nitrogen and oxygen atoms in total. The van der Waals surface area contributed by atoms with Crippen LogP contribution in [0.25, 0.3) is 0 Å². The van der Waals surface area contributed by atoms with Crippen molar-refractivity contribution in [2.24, 2.45) is 0 Å². The van der Waals surface area contributed by atoms with Gasteiger partial charge in [-0.2, -0.15) is 0 Å². The van der Waals surface area contributed by atoms with Crippen molar-refractivity contribution < 1.29 is 4.39 Å². The van der Waals surface area contributed by atoms with Crippen LogP contribution in [0.4, 0.5) is 15.8 Å². The van der Waals surface area contributed by atoms with Gasteiger partial charge in [-0.15, -0.1) is 0 Å². The summed E-state index contributed by atoms with van der Waals surface area (Å²) in [7, 11) is 0. The number of rotatable bonds is 2. The highest BCUT2D eigenvalue weighted by Crippen LogP contribution is 2.27. The second-order valence-corrected chi connectivity index (χ2v) is 5.67. The predicted molar refractivity (Wildman–Crippen MR) is 76.9 cm³/mol. The van der Waals surface area contributed by atoms with E-state index < -0.39 is 0 Å². The molecule has 0 unspecified atom stereocenters. The van der Waals surface area contributed by atoms with Gasteiger partial charge in [0.15, 0.2) is 0 Å². The Bertz CT molecular complexity index is 435. The molecule has 0 bridgehead atoms. The fourth-order valence-electron chi connectivity index (χ4n) is 3.38. The number of nitrogens with two attached hydrogens (primary N) is 1. The molecular formula is C15H22FN3. The molecule has 2 N–H and O–H groups in total. The summed E-state index contributed by atoms with van der Waals surface area (Å²) in [4.78, 5) is 4.72. The summed E-state index contributed by atoms with van der Waals surface area (Å²) in [6, 6.07) is 5.77. The molecule has 0 spiro atoms. The number of nitrogen functional groups attached to an aromatic ring is 1. The lowest BCUT2D eigenvalue weighted by atomic mass is 10.1. The minimum absolute atomic E-state index is 0.200. The number of anilines is 2. The van der Waals surface area contributed by atoms with Crippen molar-refractivity contribution in [2.45, 2.75) is 31.7 Å². The van der Waals surface area contributed by atoms with Gasteiger partial charge in [0.1, 0.15) is 5.82 Å². The highest BCUT2D eigenvalue weighted by atomic mass is 19.1. The lowest BCUT2D eigenvalue weighted by molar-refractivity contribution is 0.187. The monoisotopic (exact) mass is 263 g/mol. The van der Waals surface area contributed by atoms with Gasteiger partial charge in [0.2, 0.25) is 0 Å². The maximum atomic E-state index is 13.9. The third kappa shape index (κ3) is 2.68. The smallest absolute Gasteiger partial charge is 0.148 e. The van der Waals surface area contributed by atoms with Crippen molar-refractivity contribution in [2.75, 3.05) is 36.8 Å². The molecule has 19 heavy (non-hydrogen) atoms. The highest BCUT2D eigenvalue weighted by Gasteiger charge is 2.26. The molecule has 4 heteroatoms. The normalized spacial score (nSPS) is 22.1. The average Bonchev–Trinajstić information content (AvgIpc) is 2.93. The van der Waals surface area contributed by atoms with Crippen molar-refractivity contribution in [3.8, 4) is 0 Å². The van der Waals surface area contributed by atoms with E-state index in [1.54, 1.807) is 12.1 Å². The fraction of sp³-hybridized carbons (Fsp3) is 0.600. The molecule has 1 aromatic rings. The van der Waals surface area contributed by atoms with E-state index in [1.165, 1.54) is 31.7 Å². The molecule has 1 saturated carbocycles. The maximum absolute atomic E-state index is 13.9. The van der Waals surface area contributed by atoms with Crippen molar-refractivity contribution >= 4 is 11.4 Å². The van der Waals surface area contributed by atoms with Crippen LogP contribution >= 0.6 is 0 Å². The minimum Gasteiger partial charge on any atom is -0.399 e. The van der Waals surface area contributed by atoms with Crippen molar-refractivity contribution in [3.05, 3.63) is 24.0 Å². The summed E-state index contributed by atoms with van der Waals surface area (Å²) in [5.41, 5.74) is 6.78. The Labute approximate surface area is 114 Å². The second kappa shape index (κ2) is 5.37. The SMILES string of the molecule is Nc1ccc(N2CCN(C3CCCC3)CC2)c(F)c1. The molecule has 0 radical (unpaired) electrons. The van der Waals surface area contributed by atoms with Crippen molar-refractivity contribution in [3.63, 3.8) is 0 Å². The molecule has 2 fully saturated rings. The number of benzene rings is 1. The Balaban J connectivity index is 1.63. The van der Waals surface area contributed by atoms with Crippen LogP contribution in [-0.2, 0) is 0 Å².